The minimum absolute atomic E-state index is 0.552. The molecule has 0 amide bonds. The normalized spacial score (nSPS) is 12.1. The molecule has 0 spiro atoms. The molecule has 0 saturated carbocycles. The molecule has 0 aromatic heterocycles. The molecule has 0 radical (unpaired) electrons. The molecule has 0 bridgehead atoms. The molecule has 0 aliphatic heterocycles. The van der Waals surface area contributed by atoms with Crippen molar-refractivity contribution in [2.75, 3.05) is 13.1 Å². The summed E-state index contributed by atoms with van der Waals surface area (Å²) >= 11 is 0. The van der Waals surface area contributed by atoms with Gasteiger partial charge in [0, 0.05) is 6.54 Å². The molecule has 0 aliphatic carbocycles. The van der Waals surface area contributed by atoms with Gasteiger partial charge in [-0.05, 0) is 47.0 Å². The Bertz CT molecular complexity index is 892. The smallest absolute Gasteiger partial charge is 0.313 e. The second-order valence-electron chi connectivity index (χ2n) is 6.12. The van der Waals surface area contributed by atoms with Crippen molar-refractivity contribution in [3.63, 3.8) is 0 Å². The van der Waals surface area contributed by atoms with E-state index in [0.29, 0.717) is 12.1 Å². The highest BCUT2D eigenvalue weighted by Gasteiger charge is 2.30. The highest BCUT2D eigenvalue weighted by atomic mass is 19.4. The zero-order valence-electron chi connectivity index (χ0n) is 14.3. The number of nitrogens with one attached hydrogen (secondary N) is 1. The van der Waals surface area contributed by atoms with Crippen LogP contribution in [0.15, 0.2) is 72.8 Å². The van der Waals surface area contributed by atoms with Gasteiger partial charge in [0.25, 0.3) is 0 Å². The molecule has 0 fully saturated rings. The number of fused-ring (bicyclic) bond motifs is 1. The van der Waals surface area contributed by atoms with Gasteiger partial charge in [0.1, 0.15) is 0 Å². The summed E-state index contributed by atoms with van der Waals surface area (Å²) in [5.74, 6) is 0. The topological polar surface area (TPSA) is 12.0 Å². The molecule has 3 aromatic rings. The highest BCUT2D eigenvalue weighted by molar-refractivity contribution is 5.85. The van der Waals surface area contributed by atoms with E-state index in [9.17, 15) is 13.2 Å². The lowest BCUT2D eigenvalue weighted by Crippen LogP contribution is -2.17. The molecule has 0 saturated heterocycles. The summed E-state index contributed by atoms with van der Waals surface area (Å²) in [6, 6.07) is 19.9. The van der Waals surface area contributed by atoms with E-state index in [0.717, 1.165) is 25.1 Å². The molecule has 4 heteroatoms. The zero-order valence-corrected chi connectivity index (χ0v) is 14.3. The first kappa shape index (κ1) is 18.2. The summed E-state index contributed by atoms with van der Waals surface area (Å²) in [5.41, 5.74) is 1.22. The molecule has 0 unspecified atom stereocenters. The van der Waals surface area contributed by atoms with Crippen molar-refractivity contribution in [2.24, 2.45) is 0 Å². The molecule has 0 atom stereocenters. The molecule has 134 valence electrons. The molecule has 1 nitrogen and oxygen atoms in total. The first-order valence-electron chi connectivity index (χ1n) is 8.55. The minimum atomic E-state index is -4.31. The second-order valence-corrected chi connectivity index (χ2v) is 6.12. The third-order valence-electron chi connectivity index (χ3n) is 4.24. The fourth-order valence-corrected chi connectivity index (χ4v) is 2.93. The van der Waals surface area contributed by atoms with Crippen LogP contribution >= 0.6 is 0 Å². The maximum Gasteiger partial charge on any atom is 0.416 e. The largest absolute Gasteiger partial charge is 0.416 e. The third-order valence-corrected chi connectivity index (χ3v) is 4.24. The van der Waals surface area contributed by atoms with Crippen LogP contribution in [0.5, 0.6) is 0 Å². The molecular weight excluding hydrogens is 335 g/mol. The Kier molecular flexibility index (Phi) is 5.74. The molecule has 3 rings (SSSR count). The minimum Gasteiger partial charge on any atom is -0.313 e. The van der Waals surface area contributed by atoms with Crippen molar-refractivity contribution in [2.45, 2.75) is 12.6 Å². The lowest BCUT2D eigenvalue weighted by atomic mass is 10.0. The van der Waals surface area contributed by atoms with Gasteiger partial charge in [-0.2, -0.15) is 13.2 Å². The Morgan fingerprint density at radius 2 is 1.65 bits per heavy atom. The van der Waals surface area contributed by atoms with Crippen molar-refractivity contribution in [3.8, 4) is 0 Å². The summed E-state index contributed by atoms with van der Waals surface area (Å²) in [6.07, 6.45) is 0.151. The molecule has 26 heavy (non-hydrogen) atoms. The highest BCUT2D eigenvalue weighted by Crippen LogP contribution is 2.29. The molecule has 0 aliphatic rings. The van der Waals surface area contributed by atoms with Gasteiger partial charge >= 0.3 is 6.18 Å². The fraction of sp³-hybridized carbons (Fsp3) is 0.182. The van der Waals surface area contributed by atoms with E-state index in [1.165, 1.54) is 22.4 Å². The quantitative estimate of drug-likeness (QED) is 0.559. The van der Waals surface area contributed by atoms with Crippen LogP contribution in [0.4, 0.5) is 13.2 Å². The van der Waals surface area contributed by atoms with Crippen LogP contribution in [0, 0.1) is 0 Å². The van der Waals surface area contributed by atoms with Gasteiger partial charge in [-0.15, -0.1) is 0 Å². The first-order valence-corrected chi connectivity index (χ1v) is 8.55. The van der Waals surface area contributed by atoms with Crippen molar-refractivity contribution in [3.05, 3.63) is 89.5 Å². The molecule has 3 aromatic carbocycles. The Morgan fingerprint density at radius 1 is 0.885 bits per heavy atom. The van der Waals surface area contributed by atoms with E-state index in [4.69, 9.17) is 0 Å². The Balaban J connectivity index is 1.51. The van der Waals surface area contributed by atoms with Crippen LogP contribution in [0.3, 0.4) is 0 Å². The van der Waals surface area contributed by atoms with Crippen molar-refractivity contribution < 1.29 is 13.2 Å². The lowest BCUT2D eigenvalue weighted by Gasteiger charge is -2.07. The van der Waals surface area contributed by atoms with Gasteiger partial charge in [-0.25, -0.2) is 0 Å². The summed E-state index contributed by atoms with van der Waals surface area (Å²) in [5, 5.41) is 5.80. The van der Waals surface area contributed by atoms with E-state index in [1.807, 2.05) is 18.2 Å². The van der Waals surface area contributed by atoms with Gasteiger partial charge < -0.3 is 5.32 Å². The number of alkyl halides is 3. The van der Waals surface area contributed by atoms with Crippen molar-refractivity contribution in [1.29, 1.82) is 0 Å². The fourth-order valence-electron chi connectivity index (χ4n) is 2.93. The zero-order chi connectivity index (χ0) is 18.4. The monoisotopic (exact) mass is 355 g/mol. The average Bonchev–Trinajstić information content (AvgIpc) is 2.64. The SMILES string of the molecule is FC(F)(F)c1cccc(/C=C/CNCCc2cccc3ccccc23)c1. The van der Waals surface area contributed by atoms with Crippen LogP contribution in [-0.4, -0.2) is 13.1 Å². The van der Waals surface area contributed by atoms with Crippen molar-refractivity contribution in [1.82, 2.24) is 5.32 Å². The van der Waals surface area contributed by atoms with Crippen LogP contribution in [0.2, 0.25) is 0 Å². The van der Waals surface area contributed by atoms with E-state index < -0.39 is 11.7 Å². The summed E-state index contributed by atoms with van der Waals surface area (Å²) in [4.78, 5) is 0. The van der Waals surface area contributed by atoms with Gasteiger partial charge in [-0.3, -0.25) is 0 Å². The number of hydrogen-bond acceptors (Lipinski definition) is 1. The maximum atomic E-state index is 12.7. The van der Waals surface area contributed by atoms with Gasteiger partial charge in [0.15, 0.2) is 0 Å². The second kappa shape index (κ2) is 8.19. The number of halogens is 3. The summed E-state index contributed by atoms with van der Waals surface area (Å²) in [6.45, 7) is 1.42. The predicted octanol–water partition coefficient (Wildman–Crippen LogP) is 5.70. The Morgan fingerprint density at radius 3 is 2.50 bits per heavy atom. The number of rotatable bonds is 6. The lowest BCUT2D eigenvalue weighted by molar-refractivity contribution is -0.137. The average molecular weight is 355 g/mol. The standard InChI is InChI=1S/C22H20F3N/c23-22(24,25)20-11-3-6-17(16-20)7-5-14-26-15-13-19-10-4-9-18-8-1-2-12-21(18)19/h1-12,16,26H,13-15H2/b7-5+. The van der Waals surface area contributed by atoms with Crippen LogP contribution < -0.4 is 5.32 Å². The van der Waals surface area contributed by atoms with Crippen LogP contribution in [-0.2, 0) is 12.6 Å². The van der Waals surface area contributed by atoms with Crippen LogP contribution in [0.25, 0.3) is 16.8 Å². The first-order chi connectivity index (χ1) is 12.5. The maximum absolute atomic E-state index is 12.7. The van der Waals surface area contributed by atoms with Gasteiger partial charge in [-0.1, -0.05) is 66.7 Å². The third kappa shape index (κ3) is 4.73. The van der Waals surface area contributed by atoms with E-state index >= 15 is 0 Å². The molecule has 0 heterocycles. The summed E-state index contributed by atoms with van der Waals surface area (Å²) < 4.78 is 38.1. The van der Waals surface area contributed by atoms with Gasteiger partial charge in [0.2, 0.25) is 0 Å². The van der Waals surface area contributed by atoms with Gasteiger partial charge in [0.05, 0.1) is 5.56 Å². The van der Waals surface area contributed by atoms with E-state index in [2.05, 4.69) is 35.6 Å². The van der Waals surface area contributed by atoms with Crippen molar-refractivity contribution >= 4 is 16.8 Å². The summed E-state index contributed by atoms with van der Waals surface area (Å²) in [7, 11) is 0. The van der Waals surface area contributed by atoms with Crippen LogP contribution in [0.1, 0.15) is 16.7 Å². The van der Waals surface area contributed by atoms with E-state index in [1.54, 1.807) is 12.1 Å². The predicted molar refractivity (Wildman–Crippen MR) is 101 cm³/mol. The van der Waals surface area contributed by atoms with E-state index in [-0.39, 0.29) is 0 Å². The Hall–Kier alpha value is -2.59. The molecule has 1 N–H and O–H groups in total. The number of benzene rings is 3. The number of hydrogen-bond donors (Lipinski definition) is 1. The molecular formula is C22H20F3N. The Labute approximate surface area is 151 Å².